The summed E-state index contributed by atoms with van der Waals surface area (Å²) in [6.07, 6.45) is 4.20. The van der Waals surface area contributed by atoms with Gasteiger partial charge in [0.2, 0.25) is 0 Å². The smallest absolute Gasteiger partial charge is 0.728 e. The van der Waals surface area contributed by atoms with Gasteiger partial charge in [-0.05, 0) is 66.1 Å². The number of hydrogen-bond acceptors (Lipinski definition) is 8. The topological polar surface area (TPSA) is 124 Å². The first-order chi connectivity index (χ1) is 20.8. The first-order valence-electron chi connectivity index (χ1n) is 13.0. The van der Waals surface area contributed by atoms with Crippen LogP contribution in [-0.4, -0.2) is 19.1 Å². The number of nitrogens with zero attached hydrogens (tertiary/aromatic N) is 2. The minimum atomic E-state index is -3.83. The number of hydrogen-bond donors (Lipinski definition) is 0. The molecule has 5 aromatic rings. The molecule has 0 N–H and O–H groups in total. The molecule has 0 radical (unpaired) electrons. The molecule has 43 heavy (non-hydrogen) atoms. The zero-order valence-corrected chi connectivity index (χ0v) is 24.3. The summed E-state index contributed by atoms with van der Waals surface area (Å²) in [4.78, 5) is 9.47. The van der Waals surface area contributed by atoms with E-state index in [2.05, 4.69) is 12.1 Å². The highest BCUT2D eigenvalue weighted by atomic mass is 31.2. The van der Waals surface area contributed by atoms with Crippen LogP contribution in [0.2, 0.25) is 0 Å². The summed E-state index contributed by atoms with van der Waals surface area (Å²) in [5.41, 5.74) is 2.22. The van der Waals surface area contributed by atoms with E-state index in [-0.39, 0.29) is 11.4 Å². The first-order valence-corrected chi connectivity index (χ1v) is 14.5. The van der Waals surface area contributed by atoms with Gasteiger partial charge in [0.1, 0.15) is 23.0 Å². The minimum absolute atomic E-state index is 0.0559. The average Bonchev–Trinajstić information content (AvgIpc) is 3.03. The van der Waals surface area contributed by atoms with E-state index in [1.165, 1.54) is 22.0 Å². The molecule has 0 saturated carbocycles. The molecular weight excluding hydrogens is 571 g/mol. The number of ether oxygens (including phenoxy) is 2. The van der Waals surface area contributed by atoms with Crippen molar-refractivity contribution < 1.29 is 37.5 Å². The Morgan fingerprint density at radius 3 is 1.53 bits per heavy atom. The highest BCUT2D eigenvalue weighted by Crippen LogP contribution is 2.44. The van der Waals surface area contributed by atoms with E-state index in [1.54, 1.807) is 75.1 Å². The number of aromatic nitrogens is 1. The van der Waals surface area contributed by atoms with Crippen LogP contribution in [0.1, 0.15) is 11.1 Å². The molecule has 0 bridgehead atoms. The molecule has 0 saturated heterocycles. The van der Waals surface area contributed by atoms with Crippen molar-refractivity contribution in [1.29, 1.82) is 0 Å². The van der Waals surface area contributed by atoms with Crippen LogP contribution in [0.4, 0.5) is 5.69 Å². The van der Waals surface area contributed by atoms with Gasteiger partial charge >= 0.3 is 7.75 Å². The summed E-state index contributed by atoms with van der Waals surface area (Å²) in [6.45, 7) is 0. The second kappa shape index (κ2) is 14.5. The molecule has 0 aliphatic rings. The van der Waals surface area contributed by atoms with Crippen molar-refractivity contribution >= 4 is 13.4 Å². The molecule has 5 rings (SSSR count). The molecule has 0 aliphatic heterocycles. The Hall–Kier alpha value is -5.34. The van der Waals surface area contributed by atoms with Gasteiger partial charge in [0.15, 0.2) is 12.4 Å². The maximum absolute atomic E-state index is 14.0. The third-order valence-corrected chi connectivity index (χ3v) is 7.74. The maximum Gasteiger partial charge on any atom is 0.728 e. The fourth-order valence-corrected chi connectivity index (χ4v) is 5.24. The molecule has 0 atom stereocenters. The van der Waals surface area contributed by atoms with Crippen molar-refractivity contribution in [3.63, 3.8) is 0 Å². The van der Waals surface area contributed by atoms with Gasteiger partial charge in [0.05, 0.1) is 19.1 Å². The van der Waals surface area contributed by atoms with Gasteiger partial charge in [-0.2, -0.15) is 4.57 Å². The van der Waals surface area contributed by atoms with Crippen molar-refractivity contribution in [2.45, 2.75) is 6.42 Å². The molecule has 4 aromatic carbocycles. The van der Waals surface area contributed by atoms with Crippen molar-refractivity contribution in [3.05, 3.63) is 149 Å². The van der Waals surface area contributed by atoms with E-state index in [0.717, 1.165) is 24.1 Å². The van der Waals surface area contributed by atoms with Crippen LogP contribution >= 0.6 is 7.75 Å². The summed E-state index contributed by atoms with van der Waals surface area (Å²) in [5.74, 6) is 1.92. The SMILES string of the molecule is COc1ccc(OP(=O)(Oc2ccc(OC)cc2)[n+]2ccc(Cc3ccccc3)cc2)cc1.O=[N+]([O-])c1ccc([O-])cc1. The zero-order chi connectivity index (χ0) is 30.7. The second-order valence-corrected chi connectivity index (χ2v) is 10.8. The fourth-order valence-electron chi connectivity index (χ4n) is 3.78. The van der Waals surface area contributed by atoms with Crippen LogP contribution in [0.15, 0.2) is 128 Å². The van der Waals surface area contributed by atoms with Crippen LogP contribution in [-0.2, 0) is 11.0 Å². The highest BCUT2D eigenvalue weighted by molar-refractivity contribution is 7.47. The summed E-state index contributed by atoms with van der Waals surface area (Å²) in [6, 6.07) is 32.4. The Kier molecular flexibility index (Phi) is 10.3. The largest absolute Gasteiger partial charge is 0.872 e. The lowest BCUT2D eigenvalue weighted by Gasteiger charge is -2.14. The molecule has 0 aliphatic carbocycles. The van der Waals surface area contributed by atoms with E-state index in [0.29, 0.717) is 23.0 Å². The monoisotopic (exact) mass is 600 g/mol. The van der Waals surface area contributed by atoms with E-state index >= 15 is 0 Å². The standard InChI is InChI=1S/C26H25NO5P.C6H5NO3/c1-29-23-8-12-25(13-9-23)31-33(28,32-26-14-10-24(30-2)11-15-26)27-18-16-22(17-19-27)20-21-6-4-3-5-7-21;8-6-3-1-5(2-4-6)7(9)10/h3-19H,20H2,1-2H3;1-4,8H/q+1;/p-1. The predicted octanol–water partition coefficient (Wildman–Crippen LogP) is 6.36. The van der Waals surface area contributed by atoms with Crippen LogP contribution in [0.25, 0.3) is 0 Å². The van der Waals surface area contributed by atoms with E-state index in [9.17, 15) is 19.8 Å². The number of benzene rings is 4. The molecule has 220 valence electrons. The van der Waals surface area contributed by atoms with Gasteiger partial charge in [-0.1, -0.05) is 46.8 Å². The number of nitro benzene ring substituents is 1. The Bertz CT molecular complexity index is 1590. The first kappa shape index (κ1) is 30.6. The molecule has 1 aromatic heterocycles. The highest BCUT2D eigenvalue weighted by Gasteiger charge is 2.42. The molecule has 1 heterocycles. The Morgan fingerprint density at radius 2 is 1.09 bits per heavy atom. The van der Waals surface area contributed by atoms with Gasteiger partial charge in [-0.3, -0.25) is 10.1 Å². The van der Waals surface area contributed by atoms with Crippen LogP contribution in [0.5, 0.6) is 28.7 Å². The van der Waals surface area contributed by atoms with Crippen LogP contribution in [0.3, 0.4) is 0 Å². The quantitative estimate of drug-likeness (QED) is 0.103. The maximum atomic E-state index is 14.0. The number of non-ortho nitro benzene ring substituents is 1. The van der Waals surface area contributed by atoms with Gasteiger partial charge in [0.25, 0.3) is 5.69 Å². The van der Waals surface area contributed by atoms with Crippen molar-refractivity contribution in [3.8, 4) is 28.7 Å². The van der Waals surface area contributed by atoms with Gasteiger partial charge < -0.3 is 23.6 Å². The molecular formula is C32H29N2O8P. The van der Waals surface area contributed by atoms with Crippen LogP contribution in [0, 0.1) is 10.1 Å². The summed E-state index contributed by atoms with van der Waals surface area (Å²) in [7, 11) is -0.662. The molecule has 0 amide bonds. The number of rotatable bonds is 10. The third-order valence-electron chi connectivity index (χ3n) is 6.02. The second-order valence-electron chi connectivity index (χ2n) is 9.00. The lowest BCUT2D eigenvalue weighted by molar-refractivity contribution is -0.536. The number of nitro groups is 1. The van der Waals surface area contributed by atoms with Gasteiger partial charge in [-0.25, -0.2) is 0 Å². The van der Waals surface area contributed by atoms with E-state index < -0.39 is 12.7 Å². The lowest BCUT2D eigenvalue weighted by atomic mass is 10.1. The summed E-state index contributed by atoms with van der Waals surface area (Å²) < 4.78 is 37.7. The number of pyridine rings is 1. The molecule has 0 spiro atoms. The molecule has 11 heteroatoms. The van der Waals surface area contributed by atoms with Gasteiger partial charge in [0, 0.05) is 24.3 Å². The zero-order valence-electron chi connectivity index (χ0n) is 23.4. The predicted molar refractivity (Wildman–Crippen MR) is 159 cm³/mol. The molecule has 0 fully saturated rings. The molecule has 0 unspecified atom stereocenters. The van der Waals surface area contributed by atoms with Crippen molar-refractivity contribution in [2.75, 3.05) is 14.2 Å². The number of methoxy groups -OCH3 is 2. The van der Waals surface area contributed by atoms with Crippen molar-refractivity contribution in [1.82, 2.24) is 0 Å². The van der Waals surface area contributed by atoms with Crippen molar-refractivity contribution in [2.24, 2.45) is 0 Å². The lowest BCUT2D eigenvalue weighted by Crippen LogP contribution is -2.35. The Balaban J connectivity index is 0.000000359. The average molecular weight is 601 g/mol. The summed E-state index contributed by atoms with van der Waals surface area (Å²) in [5, 5.41) is 20.4. The van der Waals surface area contributed by atoms with Gasteiger partial charge in [-0.15, -0.1) is 5.75 Å². The van der Waals surface area contributed by atoms with Crippen LogP contribution < -0.4 is 28.0 Å². The van der Waals surface area contributed by atoms with E-state index in [4.69, 9.17) is 18.5 Å². The third kappa shape index (κ3) is 8.82. The minimum Gasteiger partial charge on any atom is -0.872 e. The normalized spacial score (nSPS) is 10.6. The Labute approximate surface area is 249 Å². The summed E-state index contributed by atoms with van der Waals surface area (Å²) >= 11 is 0. The Morgan fingerprint density at radius 1 is 0.651 bits per heavy atom. The van der Waals surface area contributed by atoms with E-state index in [1.807, 2.05) is 30.3 Å². The molecule has 10 nitrogen and oxygen atoms in total. The fraction of sp³-hybridized carbons (Fsp3) is 0.0938.